The summed E-state index contributed by atoms with van der Waals surface area (Å²) < 4.78 is 7.38. The molecule has 4 nitrogen and oxygen atoms in total. The summed E-state index contributed by atoms with van der Waals surface area (Å²) in [5.74, 6) is 0.114. The molecule has 0 amide bonds. The summed E-state index contributed by atoms with van der Waals surface area (Å²) in [6.07, 6.45) is 1.73. The SMILES string of the molecule is O=C1ON=C(c2ccccc2)/C1=C/c1cc(Br)c(OCc2ccc(Cl)cc2Cl)c(Br)c1. The van der Waals surface area contributed by atoms with Gasteiger partial charge in [-0.3, -0.25) is 0 Å². The second-order valence-electron chi connectivity index (χ2n) is 6.58. The first-order valence-corrected chi connectivity index (χ1v) is 11.4. The van der Waals surface area contributed by atoms with Crippen LogP contribution in [0.25, 0.3) is 6.08 Å². The van der Waals surface area contributed by atoms with Crippen molar-refractivity contribution >= 4 is 72.8 Å². The number of benzene rings is 3. The van der Waals surface area contributed by atoms with Gasteiger partial charge in [-0.15, -0.1) is 0 Å². The van der Waals surface area contributed by atoms with Crippen LogP contribution >= 0.6 is 55.1 Å². The standard InChI is InChI=1S/C23H13Br2Cl2NO3/c24-18-9-13(8-17-21(28-31-23(17)29)14-4-2-1-3-5-14)10-19(25)22(18)30-12-15-6-7-16(26)11-20(15)27/h1-11H,12H2/b17-8-. The van der Waals surface area contributed by atoms with Gasteiger partial charge >= 0.3 is 5.97 Å². The largest absolute Gasteiger partial charge is 0.486 e. The van der Waals surface area contributed by atoms with E-state index in [1.165, 1.54) is 0 Å². The third-order valence-electron chi connectivity index (χ3n) is 4.46. The van der Waals surface area contributed by atoms with Gasteiger partial charge in [0.2, 0.25) is 0 Å². The van der Waals surface area contributed by atoms with Crippen LogP contribution < -0.4 is 4.74 Å². The molecule has 1 aliphatic rings. The summed E-state index contributed by atoms with van der Waals surface area (Å²) in [5, 5.41) is 5.04. The van der Waals surface area contributed by atoms with Gasteiger partial charge in [-0.1, -0.05) is 64.8 Å². The predicted octanol–water partition coefficient (Wildman–Crippen LogP) is 7.44. The highest BCUT2D eigenvalue weighted by atomic mass is 79.9. The Morgan fingerprint density at radius 1 is 1.00 bits per heavy atom. The minimum atomic E-state index is -0.496. The van der Waals surface area contributed by atoms with Gasteiger partial charge in [0, 0.05) is 21.2 Å². The normalized spacial score (nSPS) is 14.5. The average Bonchev–Trinajstić information content (AvgIpc) is 3.09. The number of hydrogen-bond acceptors (Lipinski definition) is 4. The highest BCUT2D eigenvalue weighted by molar-refractivity contribution is 9.11. The molecule has 156 valence electrons. The van der Waals surface area contributed by atoms with Gasteiger partial charge in [-0.05, 0) is 67.8 Å². The number of hydrogen-bond donors (Lipinski definition) is 0. The smallest absolute Gasteiger partial charge is 0.368 e. The second kappa shape index (κ2) is 9.57. The van der Waals surface area contributed by atoms with Crippen molar-refractivity contribution in [3.63, 3.8) is 0 Å². The third-order valence-corrected chi connectivity index (χ3v) is 6.23. The molecular formula is C23H13Br2Cl2NO3. The monoisotopic (exact) mass is 579 g/mol. The lowest BCUT2D eigenvalue weighted by molar-refractivity contribution is -0.136. The van der Waals surface area contributed by atoms with Crippen LogP contribution in [-0.4, -0.2) is 11.7 Å². The molecule has 0 aromatic heterocycles. The van der Waals surface area contributed by atoms with Crippen molar-refractivity contribution in [1.82, 2.24) is 0 Å². The molecule has 31 heavy (non-hydrogen) atoms. The van der Waals surface area contributed by atoms with Crippen molar-refractivity contribution in [3.05, 3.63) is 102 Å². The lowest BCUT2D eigenvalue weighted by Gasteiger charge is -2.12. The Bertz CT molecular complexity index is 1200. The highest BCUT2D eigenvalue weighted by Gasteiger charge is 2.26. The summed E-state index contributed by atoms with van der Waals surface area (Å²) in [5.41, 5.74) is 3.27. The highest BCUT2D eigenvalue weighted by Crippen LogP contribution is 2.37. The van der Waals surface area contributed by atoms with Crippen molar-refractivity contribution in [1.29, 1.82) is 0 Å². The van der Waals surface area contributed by atoms with E-state index in [2.05, 4.69) is 37.0 Å². The molecule has 3 aromatic rings. The lowest BCUT2D eigenvalue weighted by Crippen LogP contribution is -2.06. The van der Waals surface area contributed by atoms with Crippen LogP contribution in [0.2, 0.25) is 10.0 Å². The zero-order valence-corrected chi connectivity index (χ0v) is 20.4. The summed E-state index contributed by atoms with van der Waals surface area (Å²) in [7, 11) is 0. The molecule has 4 rings (SSSR count). The Labute approximate surface area is 205 Å². The van der Waals surface area contributed by atoms with Crippen LogP contribution in [0.1, 0.15) is 16.7 Å². The maximum Gasteiger partial charge on any atom is 0.368 e. The Morgan fingerprint density at radius 3 is 2.39 bits per heavy atom. The maximum atomic E-state index is 12.2. The zero-order valence-electron chi connectivity index (χ0n) is 15.7. The zero-order chi connectivity index (χ0) is 22.0. The Kier molecular flexibility index (Phi) is 6.82. The molecular weight excluding hydrogens is 569 g/mol. The first kappa shape index (κ1) is 22.1. The molecule has 0 saturated carbocycles. The minimum absolute atomic E-state index is 0.269. The van der Waals surface area contributed by atoms with Gasteiger partial charge in [-0.2, -0.15) is 0 Å². The quantitative estimate of drug-likeness (QED) is 0.232. The van der Waals surface area contributed by atoms with E-state index in [1.807, 2.05) is 48.5 Å². The third kappa shape index (κ3) is 5.04. The number of oxime groups is 1. The fourth-order valence-electron chi connectivity index (χ4n) is 2.97. The van der Waals surface area contributed by atoms with Crippen LogP contribution in [0.3, 0.4) is 0 Å². The van der Waals surface area contributed by atoms with Crippen molar-refractivity contribution in [3.8, 4) is 5.75 Å². The number of ether oxygens (including phenoxy) is 1. The number of rotatable bonds is 5. The molecule has 8 heteroatoms. The van der Waals surface area contributed by atoms with Crippen molar-refractivity contribution < 1.29 is 14.4 Å². The number of nitrogens with zero attached hydrogens (tertiary/aromatic N) is 1. The van der Waals surface area contributed by atoms with Crippen LogP contribution in [-0.2, 0) is 16.2 Å². The van der Waals surface area contributed by atoms with E-state index in [0.29, 0.717) is 36.0 Å². The summed E-state index contributed by atoms with van der Waals surface area (Å²) in [6.45, 7) is 0.269. The Hall–Kier alpha value is -2.12. The van der Waals surface area contributed by atoms with Gasteiger partial charge in [-0.25, -0.2) is 4.79 Å². The Morgan fingerprint density at radius 2 is 1.71 bits per heavy atom. The van der Waals surface area contributed by atoms with Crippen molar-refractivity contribution in [2.24, 2.45) is 5.16 Å². The van der Waals surface area contributed by atoms with Crippen molar-refractivity contribution in [2.45, 2.75) is 6.61 Å². The predicted molar refractivity (Wildman–Crippen MR) is 130 cm³/mol. The molecule has 0 fully saturated rings. The maximum absolute atomic E-state index is 12.2. The number of halogens is 4. The number of carbonyl (C=O) groups excluding carboxylic acids is 1. The molecule has 1 heterocycles. The first-order valence-electron chi connectivity index (χ1n) is 9.05. The van der Waals surface area contributed by atoms with Crippen LogP contribution in [0, 0.1) is 0 Å². The van der Waals surface area contributed by atoms with Gasteiger partial charge in [0.1, 0.15) is 18.1 Å². The van der Waals surface area contributed by atoms with Crippen molar-refractivity contribution in [2.75, 3.05) is 0 Å². The average molecular weight is 582 g/mol. The molecule has 0 bridgehead atoms. The molecule has 0 radical (unpaired) electrons. The van der Waals surface area contributed by atoms with Gasteiger partial charge in [0.25, 0.3) is 0 Å². The summed E-state index contributed by atoms with van der Waals surface area (Å²) in [4.78, 5) is 17.1. The second-order valence-corrected chi connectivity index (χ2v) is 9.13. The molecule has 0 spiro atoms. The summed E-state index contributed by atoms with van der Waals surface area (Å²) >= 11 is 19.3. The van der Waals surface area contributed by atoms with E-state index in [1.54, 1.807) is 18.2 Å². The minimum Gasteiger partial charge on any atom is -0.486 e. The molecule has 0 saturated heterocycles. The lowest BCUT2D eigenvalue weighted by atomic mass is 10.0. The molecule has 0 unspecified atom stereocenters. The van der Waals surface area contributed by atoms with E-state index < -0.39 is 5.97 Å². The van der Waals surface area contributed by atoms with Crippen LogP contribution in [0.5, 0.6) is 5.75 Å². The fraction of sp³-hybridized carbons (Fsp3) is 0.0435. The van der Waals surface area contributed by atoms with E-state index >= 15 is 0 Å². The number of carbonyl (C=O) groups is 1. The van der Waals surface area contributed by atoms with E-state index in [0.717, 1.165) is 16.7 Å². The van der Waals surface area contributed by atoms with Crippen LogP contribution in [0.15, 0.2) is 80.3 Å². The van der Waals surface area contributed by atoms with Gasteiger partial charge in [0.05, 0.1) is 14.5 Å². The molecule has 0 N–H and O–H groups in total. The van der Waals surface area contributed by atoms with Gasteiger partial charge < -0.3 is 9.57 Å². The van der Waals surface area contributed by atoms with E-state index in [4.69, 9.17) is 32.8 Å². The Balaban J connectivity index is 1.59. The van der Waals surface area contributed by atoms with Crippen LogP contribution in [0.4, 0.5) is 0 Å². The van der Waals surface area contributed by atoms with Gasteiger partial charge in [0.15, 0.2) is 0 Å². The topological polar surface area (TPSA) is 47.9 Å². The van der Waals surface area contributed by atoms with E-state index in [-0.39, 0.29) is 6.61 Å². The molecule has 1 aliphatic heterocycles. The molecule has 3 aromatic carbocycles. The molecule has 0 aliphatic carbocycles. The summed E-state index contributed by atoms with van der Waals surface area (Å²) in [6, 6.07) is 18.4. The first-order chi connectivity index (χ1) is 14.9. The fourth-order valence-corrected chi connectivity index (χ4v) is 4.88. The van der Waals surface area contributed by atoms with E-state index in [9.17, 15) is 4.79 Å². The molecule has 0 atom stereocenters.